The van der Waals surface area contributed by atoms with E-state index in [1.165, 1.54) is 5.40 Å². The SMILES string of the molecule is N#C[S-].[Mn]. The Morgan fingerprint density at radius 2 is 1.75 bits per heavy atom. The molecular weight excluding hydrogens is 113 g/mol. The van der Waals surface area contributed by atoms with Crippen LogP contribution >= 0.6 is 0 Å². The molecule has 0 amide bonds. The van der Waals surface area contributed by atoms with Crippen LogP contribution in [0, 0.1) is 10.7 Å². The van der Waals surface area contributed by atoms with Crippen molar-refractivity contribution in [3.63, 3.8) is 0 Å². The van der Waals surface area contributed by atoms with Crippen LogP contribution < -0.4 is 0 Å². The first-order chi connectivity index (χ1) is 1.41. The van der Waals surface area contributed by atoms with Gasteiger partial charge in [-0.25, -0.2) is 5.26 Å². The Morgan fingerprint density at radius 3 is 1.75 bits per heavy atom. The summed E-state index contributed by atoms with van der Waals surface area (Å²) in [7, 11) is 0. The molecule has 0 spiro atoms. The van der Waals surface area contributed by atoms with Crippen LogP contribution in [0.2, 0.25) is 0 Å². The summed E-state index contributed by atoms with van der Waals surface area (Å²) in [5, 5.41) is 8.47. The molecule has 0 unspecified atom stereocenters. The van der Waals surface area contributed by atoms with Crippen molar-refractivity contribution in [2.75, 3.05) is 0 Å². The Hall–Kier alpha value is 0.229. The van der Waals surface area contributed by atoms with Crippen molar-refractivity contribution in [3.05, 3.63) is 0 Å². The minimum Gasteiger partial charge on any atom is -0.696 e. The summed E-state index contributed by atoms with van der Waals surface area (Å²) in [6.07, 6.45) is 0. The Labute approximate surface area is 40.9 Å². The third kappa shape index (κ3) is 64.0. The van der Waals surface area contributed by atoms with Gasteiger partial charge in [0, 0.05) is 17.1 Å². The molecule has 0 aromatic carbocycles. The molecule has 0 aliphatic rings. The standard InChI is InChI=1S/CHNS.Mn/c2-1-3;/h3H;/p-1. The second-order valence-electron chi connectivity index (χ2n) is 0.0913. The van der Waals surface area contributed by atoms with Crippen LogP contribution in [-0.2, 0) is 29.7 Å². The first kappa shape index (κ1) is 8.87. The zero-order valence-corrected chi connectivity index (χ0v) is 3.73. The number of thiocyanates is 1. The maximum absolute atomic E-state index is 7.13. The van der Waals surface area contributed by atoms with Gasteiger partial charge in [-0.3, -0.25) is 0 Å². The largest absolute Gasteiger partial charge is 0.696 e. The molecule has 0 fully saturated rings. The fourth-order valence-electron chi connectivity index (χ4n) is 0. The van der Waals surface area contributed by atoms with Gasteiger partial charge in [0.25, 0.3) is 0 Å². The molecule has 0 heterocycles. The van der Waals surface area contributed by atoms with E-state index in [2.05, 4.69) is 12.6 Å². The molecule has 4 heavy (non-hydrogen) atoms. The number of nitrogens with zero attached hydrogens (tertiary/aromatic N) is 1. The van der Waals surface area contributed by atoms with E-state index >= 15 is 0 Å². The predicted molar refractivity (Wildman–Crippen MR) is 13.0 cm³/mol. The van der Waals surface area contributed by atoms with Gasteiger partial charge in [0.05, 0.1) is 0 Å². The summed E-state index contributed by atoms with van der Waals surface area (Å²) in [6, 6.07) is 0. The fraction of sp³-hybridized carbons (Fsp3) is 0. The zero-order valence-electron chi connectivity index (χ0n) is 1.73. The summed E-state index contributed by atoms with van der Waals surface area (Å²) >= 11 is 3.70. The summed E-state index contributed by atoms with van der Waals surface area (Å²) in [4.78, 5) is 0. The van der Waals surface area contributed by atoms with Gasteiger partial charge in [0.1, 0.15) is 0 Å². The normalized spacial score (nSPS) is 1.75. The third-order valence-electron chi connectivity index (χ3n) is 0. The predicted octanol–water partition coefficient (Wildman–Crippen LogP) is 0.0119. The van der Waals surface area contributed by atoms with Crippen molar-refractivity contribution in [1.82, 2.24) is 0 Å². The Morgan fingerprint density at radius 1 is 1.75 bits per heavy atom. The maximum Gasteiger partial charge on any atom is 0 e. The summed E-state index contributed by atoms with van der Waals surface area (Å²) in [5.41, 5.74) is 0. The van der Waals surface area contributed by atoms with E-state index in [1.807, 2.05) is 0 Å². The van der Waals surface area contributed by atoms with Crippen LogP contribution in [0.4, 0.5) is 0 Å². The molecule has 3 heteroatoms. The molecule has 0 atom stereocenters. The molecule has 1 radical (unpaired) electrons. The van der Waals surface area contributed by atoms with E-state index in [-0.39, 0.29) is 17.1 Å². The Balaban J connectivity index is 0. The summed E-state index contributed by atoms with van der Waals surface area (Å²) < 4.78 is 0. The topological polar surface area (TPSA) is 23.8 Å². The van der Waals surface area contributed by atoms with Crippen molar-refractivity contribution in [3.8, 4) is 5.40 Å². The van der Waals surface area contributed by atoms with Gasteiger partial charge < -0.3 is 12.6 Å². The van der Waals surface area contributed by atoms with Crippen LogP contribution in [0.1, 0.15) is 0 Å². The molecular formula is CMnNS-. The molecule has 0 saturated heterocycles. The zero-order chi connectivity index (χ0) is 2.71. The van der Waals surface area contributed by atoms with Gasteiger partial charge in [0.15, 0.2) is 0 Å². The number of nitriles is 1. The van der Waals surface area contributed by atoms with Crippen molar-refractivity contribution < 1.29 is 17.1 Å². The van der Waals surface area contributed by atoms with Gasteiger partial charge in [-0.2, -0.15) is 0 Å². The molecule has 0 bridgehead atoms. The van der Waals surface area contributed by atoms with E-state index in [1.54, 1.807) is 0 Å². The molecule has 0 saturated carbocycles. The van der Waals surface area contributed by atoms with Gasteiger partial charge in [-0.15, -0.1) is 0 Å². The molecule has 0 N–H and O–H groups in total. The molecule has 0 aliphatic heterocycles. The second kappa shape index (κ2) is 10.6. The number of hydrogen-bond donors (Lipinski definition) is 0. The quantitative estimate of drug-likeness (QED) is 0.251. The average molecular weight is 113 g/mol. The van der Waals surface area contributed by atoms with Crippen molar-refractivity contribution in [2.24, 2.45) is 0 Å². The minimum atomic E-state index is 0. The van der Waals surface area contributed by atoms with Gasteiger partial charge in [-0.1, -0.05) is 5.40 Å². The van der Waals surface area contributed by atoms with E-state index in [0.29, 0.717) is 0 Å². The van der Waals surface area contributed by atoms with Gasteiger partial charge in [0.2, 0.25) is 0 Å². The van der Waals surface area contributed by atoms with Crippen LogP contribution in [0.25, 0.3) is 0 Å². The molecule has 1 nitrogen and oxygen atoms in total. The molecule has 0 rings (SSSR count). The van der Waals surface area contributed by atoms with E-state index in [4.69, 9.17) is 5.26 Å². The van der Waals surface area contributed by atoms with E-state index in [9.17, 15) is 0 Å². The van der Waals surface area contributed by atoms with Crippen LogP contribution in [0.15, 0.2) is 0 Å². The fourth-order valence-corrected chi connectivity index (χ4v) is 0. The molecule has 0 aliphatic carbocycles. The average Bonchev–Trinajstić information content (AvgIpc) is 0.918. The van der Waals surface area contributed by atoms with Gasteiger partial charge >= 0.3 is 0 Å². The van der Waals surface area contributed by atoms with Crippen molar-refractivity contribution in [1.29, 1.82) is 5.26 Å². The monoisotopic (exact) mass is 113 g/mol. The van der Waals surface area contributed by atoms with Crippen molar-refractivity contribution >= 4 is 12.6 Å². The second-order valence-corrected chi connectivity index (χ2v) is 0.274. The third-order valence-corrected chi connectivity index (χ3v) is 0. The Kier molecular flexibility index (Phi) is 23.6. The first-order valence-electron chi connectivity index (χ1n) is 0.428. The Bertz CT molecular complexity index is 29.5. The summed E-state index contributed by atoms with van der Waals surface area (Å²) in [6.45, 7) is 0. The van der Waals surface area contributed by atoms with Crippen LogP contribution in [0.5, 0.6) is 0 Å². The van der Waals surface area contributed by atoms with E-state index in [0.717, 1.165) is 0 Å². The molecule has 0 aromatic rings. The number of rotatable bonds is 0. The van der Waals surface area contributed by atoms with Crippen LogP contribution in [0.3, 0.4) is 0 Å². The smallest absolute Gasteiger partial charge is 0 e. The van der Waals surface area contributed by atoms with Crippen molar-refractivity contribution in [2.45, 2.75) is 0 Å². The minimum absolute atomic E-state index is 0. The summed E-state index contributed by atoms with van der Waals surface area (Å²) in [5.74, 6) is 0. The first-order valence-corrected chi connectivity index (χ1v) is 0.836. The molecule has 0 aromatic heterocycles. The van der Waals surface area contributed by atoms with E-state index < -0.39 is 0 Å². The number of hydrogen-bond acceptors (Lipinski definition) is 2. The molecule has 23 valence electrons. The van der Waals surface area contributed by atoms with Crippen LogP contribution in [-0.4, -0.2) is 0 Å². The maximum atomic E-state index is 7.13. The van der Waals surface area contributed by atoms with Gasteiger partial charge in [-0.05, 0) is 0 Å².